The Morgan fingerprint density at radius 1 is 1.29 bits per heavy atom. The Balaban J connectivity index is 2.82. The van der Waals surface area contributed by atoms with Gasteiger partial charge in [0.1, 0.15) is 5.75 Å². The van der Waals surface area contributed by atoms with Crippen LogP contribution in [0.3, 0.4) is 0 Å². The minimum Gasteiger partial charge on any atom is -0.497 e. The maximum atomic E-state index is 12.2. The minimum atomic E-state index is -3.97. The van der Waals surface area contributed by atoms with Crippen LogP contribution >= 0.6 is 0 Å². The van der Waals surface area contributed by atoms with Crippen molar-refractivity contribution in [2.45, 2.75) is 37.9 Å². The molecule has 2 N–H and O–H groups in total. The number of unbranched alkanes of at least 4 members (excludes halogenated alkanes) is 2. The van der Waals surface area contributed by atoms with Crippen molar-refractivity contribution in [2.24, 2.45) is 0 Å². The third-order valence-corrected chi connectivity index (χ3v) is 4.78. The average molecular weight is 315 g/mol. The summed E-state index contributed by atoms with van der Waals surface area (Å²) in [6.45, 7) is 1.97. The van der Waals surface area contributed by atoms with Gasteiger partial charge in [-0.15, -0.1) is 0 Å². The lowest BCUT2D eigenvalue weighted by Gasteiger charge is -2.15. The summed E-state index contributed by atoms with van der Waals surface area (Å²) in [7, 11) is -2.46. The number of hydrogen-bond acceptors (Lipinski definition) is 4. The first-order valence-corrected chi connectivity index (χ1v) is 8.33. The highest BCUT2D eigenvalue weighted by Gasteiger charge is 2.31. The molecule has 0 heterocycles. The molecule has 0 aliphatic carbocycles. The van der Waals surface area contributed by atoms with Gasteiger partial charge < -0.3 is 9.84 Å². The second-order valence-corrected chi connectivity index (χ2v) is 6.56. The Morgan fingerprint density at radius 2 is 1.90 bits per heavy atom. The zero-order chi connectivity index (χ0) is 15.9. The summed E-state index contributed by atoms with van der Waals surface area (Å²) in [6.07, 6.45) is 2.38. The van der Waals surface area contributed by atoms with Gasteiger partial charge in [-0.3, -0.25) is 9.52 Å². The monoisotopic (exact) mass is 315 g/mol. The molecule has 1 aromatic rings. The van der Waals surface area contributed by atoms with Gasteiger partial charge in [0.05, 0.1) is 7.11 Å². The van der Waals surface area contributed by atoms with Gasteiger partial charge in [0.15, 0.2) is 5.25 Å². The largest absolute Gasteiger partial charge is 0.497 e. The molecule has 0 radical (unpaired) electrons. The number of rotatable bonds is 9. The number of anilines is 1. The van der Waals surface area contributed by atoms with Crippen LogP contribution in [0.5, 0.6) is 5.75 Å². The number of methoxy groups -OCH3 is 1. The summed E-state index contributed by atoms with van der Waals surface area (Å²) in [4.78, 5) is 11.2. The first-order valence-electron chi connectivity index (χ1n) is 6.79. The zero-order valence-corrected chi connectivity index (χ0v) is 13.0. The first kappa shape index (κ1) is 17.3. The van der Waals surface area contributed by atoms with Crippen LogP contribution in [0.25, 0.3) is 0 Å². The van der Waals surface area contributed by atoms with Crippen molar-refractivity contribution in [2.75, 3.05) is 11.8 Å². The molecule has 0 amide bonds. The third kappa shape index (κ3) is 5.26. The molecule has 0 aliphatic rings. The maximum Gasteiger partial charge on any atom is 0.323 e. The van der Waals surface area contributed by atoms with Gasteiger partial charge in [-0.1, -0.05) is 26.2 Å². The predicted octanol–water partition coefficient (Wildman–Crippen LogP) is 2.47. The van der Waals surface area contributed by atoms with Crippen molar-refractivity contribution >= 4 is 21.7 Å². The van der Waals surface area contributed by atoms with Gasteiger partial charge in [0, 0.05) is 5.69 Å². The van der Waals surface area contributed by atoms with Crippen LogP contribution < -0.4 is 9.46 Å². The van der Waals surface area contributed by atoms with Crippen molar-refractivity contribution in [1.29, 1.82) is 0 Å². The number of carbonyl (C=O) groups is 1. The van der Waals surface area contributed by atoms with E-state index in [1.807, 2.05) is 6.92 Å². The van der Waals surface area contributed by atoms with Crippen LogP contribution in [-0.2, 0) is 14.8 Å². The van der Waals surface area contributed by atoms with Crippen LogP contribution in [0.15, 0.2) is 24.3 Å². The lowest BCUT2D eigenvalue weighted by molar-refractivity contribution is -0.136. The van der Waals surface area contributed by atoms with Crippen LogP contribution in [0.2, 0.25) is 0 Å². The molecule has 6 nitrogen and oxygen atoms in total. The molecule has 118 valence electrons. The number of ether oxygens (including phenoxy) is 1. The van der Waals surface area contributed by atoms with E-state index < -0.39 is 21.2 Å². The summed E-state index contributed by atoms with van der Waals surface area (Å²) in [5.41, 5.74) is 0.317. The number of sulfonamides is 1. The fourth-order valence-corrected chi connectivity index (χ4v) is 3.23. The van der Waals surface area contributed by atoms with E-state index in [2.05, 4.69) is 4.72 Å². The summed E-state index contributed by atoms with van der Waals surface area (Å²) >= 11 is 0. The van der Waals surface area contributed by atoms with Crippen molar-refractivity contribution < 1.29 is 23.1 Å². The SMILES string of the molecule is CCCCCC(C(=O)O)S(=O)(=O)Nc1ccc(OC)cc1. The summed E-state index contributed by atoms with van der Waals surface area (Å²) in [5.74, 6) is -0.734. The lowest BCUT2D eigenvalue weighted by Crippen LogP contribution is -2.34. The van der Waals surface area contributed by atoms with Crippen LogP contribution in [0.1, 0.15) is 32.6 Å². The Morgan fingerprint density at radius 3 is 2.38 bits per heavy atom. The molecule has 21 heavy (non-hydrogen) atoms. The zero-order valence-electron chi connectivity index (χ0n) is 12.2. The van der Waals surface area contributed by atoms with Gasteiger partial charge in [-0.25, -0.2) is 8.42 Å². The van der Waals surface area contributed by atoms with Gasteiger partial charge in [0.2, 0.25) is 10.0 Å². The molecule has 0 bridgehead atoms. The molecule has 1 atom stereocenters. The van der Waals surface area contributed by atoms with Crippen LogP contribution in [0.4, 0.5) is 5.69 Å². The maximum absolute atomic E-state index is 12.2. The Labute approximate surface area is 125 Å². The number of carboxylic acid groups (broad SMARTS) is 1. The van der Waals surface area contributed by atoms with Gasteiger partial charge in [-0.05, 0) is 30.7 Å². The molecule has 0 spiro atoms. The molecule has 1 rings (SSSR count). The van der Waals surface area contributed by atoms with E-state index in [0.29, 0.717) is 17.9 Å². The lowest BCUT2D eigenvalue weighted by atomic mass is 10.1. The second kappa shape index (κ2) is 7.87. The molecule has 0 saturated carbocycles. The highest BCUT2D eigenvalue weighted by Crippen LogP contribution is 2.19. The third-order valence-electron chi connectivity index (χ3n) is 3.07. The number of benzene rings is 1. The van der Waals surface area contributed by atoms with Crippen molar-refractivity contribution in [3.8, 4) is 5.75 Å². The Bertz CT molecular complexity index is 553. The number of aliphatic carboxylic acids is 1. The molecule has 0 saturated heterocycles. The number of carboxylic acids is 1. The van der Waals surface area contributed by atoms with E-state index in [1.165, 1.54) is 19.2 Å². The van der Waals surface area contributed by atoms with E-state index in [9.17, 15) is 13.2 Å². The highest BCUT2D eigenvalue weighted by molar-refractivity contribution is 7.94. The number of hydrogen-bond donors (Lipinski definition) is 2. The van der Waals surface area contributed by atoms with Crippen molar-refractivity contribution in [3.05, 3.63) is 24.3 Å². The molecule has 1 unspecified atom stereocenters. The van der Waals surface area contributed by atoms with E-state index >= 15 is 0 Å². The average Bonchev–Trinajstić information content (AvgIpc) is 2.43. The first-order chi connectivity index (χ1) is 9.90. The smallest absolute Gasteiger partial charge is 0.323 e. The Hall–Kier alpha value is -1.76. The summed E-state index contributed by atoms with van der Waals surface area (Å²) in [5, 5.41) is 7.69. The molecule has 0 aromatic heterocycles. The van der Waals surface area contributed by atoms with E-state index in [-0.39, 0.29) is 6.42 Å². The van der Waals surface area contributed by atoms with Crippen molar-refractivity contribution in [1.82, 2.24) is 0 Å². The Kier molecular flexibility index (Phi) is 6.48. The fraction of sp³-hybridized carbons (Fsp3) is 0.500. The van der Waals surface area contributed by atoms with Crippen LogP contribution in [0, 0.1) is 0 Å². The second-order valence-electron chi connectivity index (χ2n) is 4.70. The van der Waals surface area contributed by atoms with Gasteiger partial charge in [0.25, 0.3) is 0 Å². The van der Waals surface area contributed by atoms with E-state index in [0.717, 1.165) is 12.8 Å². The molecular weight excluding hydrogens is 294 g/mol. The predicted molar refractivity (Wildman–Crippen MR) is 81.1 cm³/mol. The van der Waals surface area contributed by atoms with E-state index in [4.69, 9.17) is 9.84 Å². The normalized spacial score (nSPS) is 12.7. The quantitative estimate of drug-likeness (QED) is 0.683. The van der Waals surface area contributed by atoms with Crippen LogP contribution in [-0.4, -0.2) is 31.9 Å². The summed E-state index contributed by atoms with van der Waals surface area (Å²) < 4.78 is 31.6. The summed E-state index contributed by atoms with van der Waals surface area (Å²) in [6, 6.07) is 6.26. The van der Waals surface area contributed by atoms with Gasteiger partial charge >= 0.3 is 5.97 Å². The highest BCUT2D eigenvalue weighted by atomic mass is 32.2. The standard InChI is InChI=1S/C14H21NO5S/c1-3-4-5-6-13(14(16)17)21(18,19)15-11-7-9-12(20-2)10-8-11/h7-10,13,15H,3-6H2,1-2H3,(H,16,17). The van der Waals surface area contributed by atoms with Crippen molar-refractivity contribution in [3.63, 3.8) is 0 Å². The minimum absolute atomic E-state index is 0.106. The van der Waals surface area contributed by atoms with E-state index in [1.54, 1.807) is 12.1 Å². The topological polar surface area (TPSA) is 92.7 Å². The molecule has 0 aliphatic heterocycles. The molecule has 1 aromatic carbocycles. The molecular formula is C14H21NO5S. The number of nitrogens with one attached hydrogen (secondary N) is 1. The fourth-order valence-electron chi connectivity index (χ4n) is 1.89. The van der Waals surface area contributed by atoms with Gasteiger partial charge in [-0.2, -0.15) is 0 Å². The molecule has 7 heteroatoms. The molecule has 0 fully saturated rings.